The standard InChI is InChI=1S/C23H29NO4S/c1-15-11-19(16(2)24(15)13-18-8-6-10-27-18)20(25)14-28-23(26)22-12-17-7-4-3-5-9-21(17)29-22/h11-12,18H,3-10,13-14H2,1-2H3/t18-/m1/s1. The molecule has 0 saturated carbocycles. The van der Waals surface area contributed by atoms with E-state index in [0.29, 0.717) is 10.4 Å². The van der Waals surface area contributed by atoms with Gasteiger partial charge in [0, 0.05) is 35.0 Å². The zero-order valence-corrected chi connectivity index (χ0v) is 18.1. The maximum Gasteiger partial charge on any atom is 0.348 e. The highest BCUT2D eigenvalue weighted by atomic mass is 32.1. The van der Waals surface area contributed by atoms with Gasteiger partial charge in [-0.05, 0) is 70.1 Å². The van der Waals surface area contributed by atoms with Crippen LogP contribution in [0.4, 0.5) is 0 Å². The van der Waals surface area contributed by atoms with E-state index in [2.05, 4.69) is 4.57 Å². The number of carbonyl (C=O) groups is 2. The Bertz CT molecular complexity index is 881. The number of ketones is 1. The zero-order valence-electron chi connectivity index (χ0n) is 17.3. The van der Waals surface area contributed by atoms with Crippen LogP contribution in [-0.2, 0) is 28.9 Å². The summed E-state index contributed by atoms with van der Waals surface area (Å²) in [5, 5.41) is 0. The number of carbonyl (C=O) groups excluding carboxylic acids is 2. The number of hydrogen-bond acceptors (Lipinski definition) is 5. The summed E-state index contributed by atoms with van der Waals surface area (Å²) in [5.74, 6) is -0.534. The molecule has 0 aromatic carbocycles. The summed E-state index contributed by atoms with van der Waals surface area (Å²) in [6, 6.07) is 3.86. The molecule has 2 aliphatic rings. The Morgan fingerprint density at radius 1 is 1.17 bits per heavy atom. The summed E-state index contributed by atoms with van der Waals surface area (Å²) < 4.78 is 13.3. The van der Waals surface area contributed by atoms with Gasteiger partial charge in [0.25, 0.3) is 0 Å². The first-order chi connectivity index (χ1) is 14.0. The van der Waals surface area contributed by atoms with Gasteiger partial charge < -0.3 is 14.0 Å². The quantitative estimate of drug-likeness (QED) is 0.391. The molecule has 5 nitrogen and oxygen atoms in total. The van der Waals surface area contributed by atoms with Gasteiger partial charge in [0.15, 0.2) is 6.61 Å². The second kappa shape index (κ2) is 8.84. The first-order valence-electron chi connectivity index (χ1n) is 10.6. The highest BCUT2D eigenvalue weighted by Crippen LogP contribution is 2.29. The SMILES string of the molecule is Cc1cc(C(=O)COC(=O)c2cc3c(s2)CCCCC3)c(C)n1C[C@H]1CCCO1. The van der Waals surface area contributed by atoms with Crippen molar-refractivity contribution >= 4 is 23.1 Å². The van der Waals surface area contributed by atoms with Crippen LogP contribution < -0.4 is 0 Å². The summed E-state index contributed by atoms with van der Waals surface area (Å²) in [6.07, 6.45) is 8.06. The molecule has 1 fully saturated rings. The smallest absolute Gasteiger partial charge is 0.348 e. The van der Waals surface area contributed by atoms with Crippen LogP contribution in [0, 0.1) is 13.8 Å². The molecule has 2 aromatic rings. The lowest BCUT2D eigenvalue weighted by Gasteiger charge is -2.14. The van der Waals surface area contributed by atoms with E-state index in [4.69, 9.17) is 9.47 Å². The van der Waals surface area contributed by atoms with Crippen molar-refractivity contribution in [2.45, 2.75) is 71.4 Å². The van der Waals surface area contributed by atoms with Crippen molar-refractivity contribution in [1.82, 2.24) is 4.57 Å². The van der Waals surface area contributed by atoms with Gasteiger partial charge in [0.1, 0.15) is 4.88 Å². The summed E-state index contributed by atoms with van der Waals surface area (Å²) in [7, 11) is 0. The lowest BCUT2D eigenvalue weighted by molar-refractivity contribution is 0.0479. The molecule has 0 bridgehead atoms. The normalized spacial score (nSPS) is 19.0. The van der Waals surface area contributed by atoms with Gasteiger partial charge in [-0.15, -0.1) is 11.3 Å². The van der Waals surface area contributed by atoms with Crippen LogP contribution >= 0.6 is 11.3 Å². The molecule has 156 valence electrons. The van der Waals surface area contributed by atoms with Crippen LogP contribution in [-0.4, -0.2) is 35.6 Å². The lowest BCUT2D eigenvalue weighted by Crippen LogP contribution is -2.18. The van der Waals surface area contributed by atoms with Crippen LogP contribution in [0.5, 0.6) is 0 Å². The van der Waals surface area contributed by atoms with Crippen molar-refractivity contribution in [3.8, 4) is 0 Å². The summed E-state index contributed by atoms with van der Waals surface area (Å²) in [6.45, 7) is 5.33. The van der Waals surface area contributed by atoms with E-state index in [1.165, 1.54) is 41.0 Å². The van der Waals surface area contributed by atoms with E-state index in [1.54, 1.807) is 0 Å². The van der Waals surface area contributed by atoms with Crippen molar-refractivity contribution in [1.29, 1.82) is 0 Å². The van der Waals surface area contributed by atoms with Crippen molar-refractivity contribution in [3.05, 3.63) is 44.4 Å². The number of rotatable bonds is 6. The second-order valence-corrected chi connectivity index (χ2v) is 9.29. The number of nitrogens with zero attached hydrogens (tertiary/aromatic N) is 1. The number of hydrogen-bond donors (Lipinski definition) is 0. The molecule has 0 radical (unpaired) electrons. The van der Waals surface area contributed by atoms with Gasteiger partial charge in [0.05, 0.1) is 6.10 Å². The highest BCUT2D eigenvalue weighted by Gasteiger charge is 2.23. The molecule has 0 spiro atoms. The molecule has 1 saturated heterocycles. The average molecular weight is 416 g/mol. The molecule has 0 N–H and O–H groups in total. The molecular weight excluding hydrogens is 386 g/mol. The second-order valence-electron chi connectivity index (χ2n) is 8.15. The van der Waals surface area contributed by atoms with Gasteiger partial charge in [-0.3, -0.25) is 4.79 Å². The minimum atomic E-state index is -0.385. The van der Waals surface area contributed by atoms with Crippen LogP contribution in [0.25, 0.3) is 0 Å². The average Bonchev–Trinajstić information content (AvgIpc) is 3.39. The third-order valence-corrected chi connectivity index (χ3v) is 7.28. The fourth-order valence-corrected chi connectivity index (χ4v) is 5.55. The van der Waals surface area contributed by atoms with Gasteiger partial charge in [0.2, 0.25) is 5.78 Å². The lowest BCUT2D eigenvalue weighted by atomic mass is 10.1. The molecule has 3 heterocycles. The van der Waals surface area contributed by atoms with Crippen LogP contribution in [0.1, 0.15) is 74.0 Å². The number of aromatic nitrogens is 1. The van der Waals surface area contributed by atoms with Crippen molar-refractivity contribution in [3.63, 3.8) is 0 Å². The fraction of sp³-hybridized carbons (Fsp3) is 0.565. The third-order valence-electron chi connectivity index (χ3n) is 6.07. The van der Waals surface area contributed by atoms with E-state index < -0.39 is 0 Å². The number of ether oxygens (including phenoxy) is 2. The van der Waals surface area contributed by atoms with Crippen molar-refractivity contribution in [2.24, 2.45) is 0 Å². The molecule has 1 aliphatic carbocycles. The van der Waals surface area contributed by atoms with E-state index in [1.807, 2.05) is 26.0 Å². The minimum Gasteiger partial charge on any atom is -0.453 e. The molecule has 0 unspecified atom stereocenters. The third kappa shape index (κ3) is 4.48. The van der Waals surface area contributed by atoms with Gasteiger partial charge >= 0.3 is 5.97 Å². The Morgan fingerprint density at radius 3 is 2.79 bits per heavy atom. The van der Waals surface area contributed by atoms with Crippen LogP contribution in [0.2, 0.25) is 0 Å². The minimum absolute atomic E-state index is 0.150. The van der Waals surface area contributed by atoms with Gasteiger partial charge in [-0.25, -0.2) is 4.79 Å². The Balaban J connectivity index is 1.39. The maximum absolute atomic E-state index is 12.7. The Labute approximate surface area is 176 Å². The van der Waals surface area contributed by atoms with E-state index >= 15 is 0 Å². The predicted molar refractivity (Wildman–Crippen MR) is 113 cm³/mol. The molecule has 4 rings (SSSR count). The topological polar surface area (TPSA) is 57.5 Å². The van der Waals surface area contributed by atoms with E-state index in [0.717, 1.165) is 50.2 Å². The van der Waals surface area contributed by atoms with E-state index in [-0.39, 0.29) is 24.5 Å². The number of fused-ring (bicyclic) bond motifs is 1. The highest BCUT2D eigenvalue weighted by molar-refractivity contribution is 7.14. The van der Waals surface area contributed by atoms with E-state index in [9.17, 15) is 9.59 Å². The van der Waals surface area contributed by atoms with Crippen molar-refractivity contribution in [2.75, 3.05) is 13.2 Å². The zero-order chi connectivity index (χ0) is 20.4. The first kappa shape index (κ1) is 20.4. The summed E-state index contributed by atoms with van der Waals surface area (Å²) >= 11 is 1.53. The van der Waals surface area contributed by atoms with Crippen LogP contribution in [0.15, 0.2) is 12.1 Å². The Hall–Kier alpha value is -1.92. The Morgan fingerprint density at radius 2 is 2.00 bits per heavy atom. The molecule has 1 atom stereocenters. The summed E-state index contributed by atoms with van der Waals surface area (Å²) in [5.41, 5.74) is 3.87. The van der Waals surface area contributed by atoms with Gasteiger partial charge in [-0.1, -0.05) is 6.42 Å². The molecule has 1 aliphatic heterocycles. The molecular formula is C23H29NO4S. The number of Topliss-reactive ketones (excluding diaryl/α,β-unsaturated/α-hetero) is 1. The van der Waals surface area contributed by atoms with Gasteiger partial charge in [-0.2, -0.15) is 0 Å². The molecule has 6 heteroatoms. The molecule has 29 heavy (non-hydrogen) atoms. The Kier molecular flexibility index (Phi) is 6.20. The molecule has 0 amide bonds. The van der Waals surface area contributed by atoms with Crippen molar-refractivity contribution < 1.29 is 19.1 Å². The monoisotopic (exact) mass is 415 g/mol. The maximum atomic E-state index is 12.7. The van der Waals surface area contributed by atoms with Crippen LogP contribution in [0.3, 0.4) is 0 Å². The molecule has 2 aromatic heterocycles. The number of aryl methyl sites for hydroxylation is 3. The fourth-order valence-electron chi connectivity index (χ4n) is 4.40. The largest absolute Gasteiger partial charge is 0.453 e. The number of thiophene rings is 1. The first-order valence-corrected chi connectivity index (χ1v) is 11.4. The number of esters is 1. The predicted octanol–water partition coefficient (Wildman–Crippen LogP) is 4.65. The summed E-state index contributed by atoms with van der Waals surface area (Å²) in [4.78, 5) is 27.1.